The Hall–Kier alpha value is -2.66. The van der Waals surface area contributed by atoms with E-state index < -0.39 is 12.0 Å². The second-order valence-corrected chi connectivity index (χ2v) is 6.80. The Morgan fingerprint density at radius 3 is 2.38 bits per heavy atom. The van der Waals surface area contributed by atoms with Gasteiger partial charge >= 0.3 is 11.9 Å². The van der Waals surface area contributed by atoms with Crippen molar-refractivity contribution in [2.75, 3.05) is 13.7 Å². The third-order valence-corrected chi connectivity index (χ3v) is 5.40. The van der Waals surface area contributed by atoms with Crippen molar-refractivity contribution >= 4 is 11.9 Å². The molecule has 134 valence electrons. The molecule has 2 heterocycles. The standard InChI is InChI=1S/C21H21NO4/c1-25-20(23)17-16-13-26-21(24)19(16)22(12-14-8-4-2-5-9-14)18(17)15-10-6-3-7-11-15/h2-11,16-19H,12-13H2,1H3/t16-,17-,18-,19+/m0/s1. The molecule has 2 aliphatic rings. The molecule has 5 nitrogen and oxygen atoms in total. The van der Waals surface area contributed by atoms with Crippen molar-refractivity contribution in [2.24, 2.45) is 11.8 Å². The number of cyclic esters (lactones) is 1. The first-order chi connectivity index (χ1) is 12.7. The highest BCUT2D eigenvalue weighted by Crippen LogP contribution is 2.48. The predicted molar refractivity (Wildman–Crippen MR) is 94.9 cm³/mol. The van der Waals surface area contributed by atoms with Gasteiger partial charge in [0.15, 0.2) is 0 Å². The minimum atomic E-state index is -0.428. The number of hydrogen-bond donors (Lipinski definition) is 0. The van der Waals surface area contributed by atoms with Crippen LogP contribution in [0.15, 0.2) is 60.7 Å². The van der Waals surface area contributed by atoms with Gasteiger partial charge in [-0.1, -0.05) is 60.7 Å². The van der Waals surface area contributed by atoms with Crippen LogP contribution >= 0.6 is 0 Å². The molecule has 0 bridgehead atoms. The van der Waals surface area contributed by atoms with Crippen LogP contribution in [0.5, 0.6) is 0 Å². The molecule has 0 spiro atoms. The van der Waals surface area contributed by atoms with Gasteiger partial charge in [-0.3, -0.25) is 14.5 Å². The second kappa shape index (κ2) is 6.92. The van der Waals surface area contributed by atoms with Gasteiger partial charge in [0.25, 0.3) is 0 Å². The zero-order valence-corrected chi connectivity index (χ0v) is 14.6. The molecule has 0 aliphatic carbocycles. The second-order valence-electron chi connectivity index (χ2n) is 6.80. The van der Waals surface area contributed by atoms with Crippen molar-refractivity contribution in [1.82, 2.24) is 4.90 Å². The summed E-state index contributed by atoms with van der Waals surface area (Å²) in [5.41, 5.74) is 2.11. The van der Waals surface area contributed by atoms with E-state index in [9.17, 15) is 9.59 Å². The smallest absolute Gasteiger partial charge is 0.323 e. The van der Waals surface area contributed by atoms with Gasteiger partial charge in [-0.05, 0) is 11.1 Å². The van der Waals surface area contributed by atoms with Crippen LogP contribution in [-0.4, -0.2) is 36.6 Å². The van der Waals surface area contributed by atoms with Gasteiger partial charge in [-0.25, -0.2) is 0 Å². The molecule has 0 saturated carbocycles. The molecule has 5 heteroatoms. The number of hydrogen-bond acceptors (Lipinski definition) is 5. The quantitative estimate of drug-likeness (QED) is 0.793. The normalized spacial score (nSPS) is 27.8. The first-order valence-corrected chi connectivity index (χ1v) is 8.80. The number of ether oxygens (including phenoxy) is 2. The Labute approximate surface area is 152 Å². The summed E-state index contributed by atoms with van der Waals surface area (Å²) in [6.07, 6.45) is 0. The van der Waals surface area contributed by atoms with Crippen LogP contribution in [0, 0.1) is 11.8 Å². The minimum Gasteiger partial charge on any atom is -0.469 e. The highest BCUT2D eigenvalue weighted by Gasteiger charge is 2.59. The van der Waals surface area contributed by atoms with E-state index in [4.69, 9.17) is 9.47 Å². The van der Waals surface area contributed by atoms with E-state index in [1.165, 1.54) is 7.11 Å². The van der Waals surface area contributed by atoms with Crippen molar-refractivity contribution in [2.45, 2.75) is 18.6 Å². The molecule has 4 rings (SSSR count). The predicted octanol–water partition coefficient (Wildman–Crippen LogP) is 2.57. The number of methoxy groups -OCH3 is 1. The van der Waals surface area contributed by atoms with Crippen LogP contribution in [0.3, 0.4) is 0 Å². The molecule has 26 heavy (non-hydrogen) atoms. The molecule has 0 aromatic heterocycles. The fourth-order valence-corrected chi connectivity index (χ4v) is 4.30. The number of carbonyl (C=O) groups is 2. The molecule has 2 aromatic carbocycles. The Kier molecular flexibility index (Phi) is 4.47. The summed E-state index contributed by atoms with van der Waals surface area (Å²) in [5.74, 6) is -1.16. The molecule has 2 aliphatic heterocycles. The van der Waals surface area contributed by atoms with Crippen LogP contribution in [-0.2, 0) is 25.6 Å². The summed E-state index contributed by atoms with van der Waals surface area (Å²) in [6.45, 7) is 0.835. The number of likely N-dealkylation sites (tertiary alicyclic amines) is 1. The number of fused-ring (bicyclic) bond motifs is 1. The Balaban J connectivity index is 1.78. The van der Waals surface area contributed by atoms with Crippen LogP contribution in [0.4, 0.5) is 0 Å². The summed E-state index contributed by atoms with van der Waals surface area (Å²) in [7, 11) is 1.40. The lowest BCUT2D eigenvalue weighted by Crippen LogP contribution is -2.37. The number of rotatable bonds is 4. The number of carbonyl (C=O) groups excluding carboxylic acids is 2. The molecule has 0 unspecified atom stereocenters. The van der Waals surface area contributed by atoms with Gasteiger partial charge < -0.3 is 9.47 Å². The van der Waals surface area contributed by atoms with Crippen LogP contribution in [0.1, 0.15) is 17.2 Å². The summed E-state index contributed by atoms with van der Waals surface area (Å²) < 4.78 is 10.4. The van der Waals surface area contributed by atoms with Crippen molar-refractivity contribution in [3.8, 4) is 0 Å². The molecule has 2 saturated heterocycles. The zero-order valence-electron chi connectivity index (χ0n) is 14.6. The van der Waals surface area contributed by atoms with E-state index in [-0.39, 0.29) is 30.5 Å². The highest BCUT2D eigenvalue weighted by atomic mass is 16.5. The maximum Gasteiger partial charge on any atom is 0.323 e. The van der Waals surface area contributed by atoms with Gasteiger partial charge in [0.1, 0.15) is 6.04 Å². The van der Waals surface area contributed by atoms with Crippen LogP contribution in [0.2, 0.25) is 0 Å². The lowest BCUT2D eigenvalue weighted by atomic mass is 9.86. The summed E-state index contributed by atoms with van der Waals surface area (Å²) >= 11 is 0. The first kappa shape index (κ1) is 16.8. The summed E-state index contributed by atoms with van der Waals surface area (Å²) in [5, 5.41) is 0. The van der Waals surface area contributed by atoms with E-state index in [2.05, 4.69) is 4.90 Å². The fraction of sp³-hybridized carbons (Fsp3) is 0.333. The fourth-order valence-electron chi connectivity index (χ4n) is 4.30. The molecule has 0 amide bonds. The zero-order chi connectivity index (χ0) is 18.1. The van der Waals surface area contributed by atoms with Gasteiger partial charge in [-0.2, -0.15) is 0 Å². The third-order valence-electron chi connectivity index (χ3n) is 5.40. The van der Waals surface area contributed by atoms with E-state index in [0.717, 1.165) is 11.1 Å². The lowest BCUT2D eigenvalue weighted by molar-refractivity contribution is -0.150. The number of nitrogens with zero attached hydrogens (tertiary/aromatic N) is 1. The summed E-state index contributed by atoms with van der Waals surface area (Å²) in [6, 6.07) is 19.2. The van der Waals surface area contributed by atoms with Gasteiger partial charge in [-0.15, -0.1) is 0 Å². The van der Waals surface area contributed by atoms with E-state index in [1.807, 2.05) is 60.7 Å². The molecule has 4 atom stereocenters. The Morgan fingerprint density at radius 2 is 1.73 bits per heavy atom. The van der Waals surface area contributed by atoms with Crippen LogP contribution in [0.25, 0.3) is 0 Å². The van der Waals surface area contributed by atoms with Gasteiger partial charge in [0.2, 0.25) is 0 Å². The third kappa shape index (κ3) is 2.78. The average Bonchev–Trinajstić information content (AvgIpc) is 3.21. The van der Waals surface area contributed by atoms with Gasteiger partial charge in [0.05, 0.1) is 19.6 Å². The Morgan fingerprint density at radius 1 is 1.08 bits per heavy atom. The van der Waals surface area contributed by atoms with Crippen molar-refractivity contribution in [3.63, 3.8) is 0 Å². The number of benzene rings is 2. The van der Waals surface area contributed by atoms with Crippen LogP contribution < -0.4 is 0 Å². The molecule has 0 N–H and O–H groups in total. The van der Waals surface area contributed by atoms with Crippen molar-refractivity contribution in [1.29, 1.82) is 0 Å². The SMILES string of the molecule is COC(=O)[C@H]1[C@@H]2COC(=O)[C@@H]2N(Cc2ccccc2)[C@H]1c1ccccc1. The maximum atomic E-state index is 12.6. The highest BCUT2D eigenvalue weighted by molar-refractivity contribution is 5.83. The topological polar surface area (TPSA) is 55.8 Å². The maximum absolute atomic E-state index is 12.6. The molecule has 2 aromatic rings. The summed E-state index contributed by atoms with van der Waals surface area (Å²) in [4.78, 5) is 27.2. The van der Waals surface area contributed by atoms with E-state index >= 15 is 0 Å². The van der Waals surface area contributed by atoms with Crippen molar-refractivity contribution < 1.29 is 19.1 Å². The van der Waals surface area contributed by atoms with Gasteiger partial charge in [0, 0.05) is 18.5 Å². The number of esters is 2. The minimum absolute atomic E-state index is 0.191. The lowest BCUT2D eigenvalue weighted by Gasteiger charge is -2.30. The van der Waals surface area contributed by atoms with E-state index in [0.29, 0.717) is 6.54 Å². The van der Waals surface area contributed by atoms with E-state index in [1.54, 1.807) is 0 Å². The molecular weight excluding hydrogens is 330 g/mol. The molecular formula is C21H21NO4. The largest absolute Gasteiger partial charge is 0.469 e. The molecule has 0 radical (unpaired) electrons. The first-order valence-electron chi connectivity index (χ1n) is 8.80. The van der Waals surface area contributed by atoms with Crippen molar-refractivity contribution in [3.05, 3.63) is 71.8 Å². The monoisotopic (exact) mass is 351 g/mol. The Bertz CT molecular complexity index is 792. The average molecular weight is 351 g/mol. The molecule has 2 fully saturated rings.